The van der Waals surface area contributed by atoms with Gasteiger partial charge in [0.15, 0.2) is 0 Å². The Kier molecular flexibility index (Phi) is 3.26. The summed E-state index contributed by atoms with van der Waals surface area (Å²) in [4.78, 5) is 0. The summed E-state index contributed by atoms with van der Waals surface area (Å²) in [7, 11) is 0. The smallest absolute Gasteiger partial charge is 0.127 e. The van der Waals surface area contributed by atoms with Gasteiger partial charge in [-0.25, -0.2) is 0 Å². The highest BCUT2D eigenvalue weighted by Gasteiger charge is 2.11. The van der Waals surface area contributed by atoms with E-state index in [0.29, 0.717) is 0 Å². The maximum Gasteiger partial charge on any atom is 0.127 e. The van der Waals surface area contributed by atoms with Crippen LogP contribution in [0.4, 0.5) is 0 Å². The lowest BCUT2D eigenvalue weighted by molar-refractivity contribution is 0.199. The van der Waals surface area contributed by atoms with Crippen molar-refractivity contribution in [1.82, 2.24) is 0 Å². The van der Waals surface area contributed by atoms with E-state index in [1.54, 1.807) is 6.92 Å². The van der Waals surface area contributed by atoms with E-state index in [-0.39, 0.29) is 0 Å². The summed E-state index contributed by atoms with van der Waals surface area (Å²) in [6, 6.07) is 13.9. The SMILES string of the molecule is CC(O)c1ccc(Oc2ccc3c(c2)CCC3)cc1. The number of aliphatic hydroxyl groups is 1. The van der Waals surface area contributed by atoms with Crippen LogP contribution in [-0.4, -0.2) is 5.11 Å². The lowest BCUT2D eigenvalue weighted by Crippen LogP contribution is -1.91. The van der Waals surface area contributed by atoms with Gasteiger partial charge < -0.3 is 9.84 Å². The predicted molar refractivity (Wildman–Crippen MR) is 75.6 cm³/mol. The summed E-state index contributed by atoms with van der Waals surface area (Å²) in [6.07, 6.45) is 3.17. The van der Waals surface area contributed by atoms with E-state index in [1.165, 1.54) is 24.0 Å². The molecule has 0 spiro atoms. The molecule has 0 aliphatic heterocycles. The fraction of sp³-hybridized carbons (Fsp3) is 0.294. The van der Waals surface area contributed by atoms with Crippen molar-refractivity contribution in [3.8, 4) is 11.5 Å². The van der Waals surface area contributed by atoms with E-state index in [2.05, 4.69) is 12.1 Å². The maximum atomic E-state index is 9.47. The van der Waals surface area contributed by atoms with Gasteiger partial charge in [0.1, 0.15) is 11.5 Å². The first-order chi connectivity index (χ1) is 9.22. The third-order valence-electron chi connectivity index (χ3n) is 3.67. The van der Waals surface area contributed by atoms with E-state index in [4.69, 9.17) is 4.74 Å². The van der Waals surface area contributed by atoms with Gasteiger partial charge >= 0.3 is 0 Å². The maximum absolute atomic E-state index is 9.47. The Hall–Kier alpha value is -1.80. The quantitative estimate of drug-likeness (QED) is 0.896. The first-order valence-corrected chi connectivity index (χ1v) is 6.80. The number of hydrogen-bond acceptors (Lipinski definition) is 2. The minimum absolute atomic E-state index is 0.436. The van der Waals surface area contributed by atoms with Crippen molar-refractivity contribution >= 4 is 0 Å². The van der Waals surface area contributed by atoms with Gasteiger partial charge in [-0.3, -0.25) is 0 Å². The van der Waals surface area contributed by atoms with Gasteiger partial charge in [0, 0.05) is 0 Å². The Bertz CT molecular complexity index is 570. The van der Waals surface area contributed by atoms with Crippen molar-refractivity contribution in [2.75, 3.05) is 0 Å². The summed E-state index contributed by atoms with van der Waals surface area (Å²) in [6.45, 7) is 1.76. The van der Waals surface area contributed by atoms with Crippen LogP contribution in [0.25, 0.3) is 0 Å². The molecular formula is C17H18O2. The molecule has 0 heterocycles. The molecule has 0 bridgehead atoms. The third-order valence-corrected chi connectivity index (χ3v) is 3.67. The molecule has 0 fully saturated rings. The second-order valence-corrected chi connectivity index (χ2v) is 5.13. The number of ether oxygens (including phenoxy) is 1. The molecule has 2 aromatic rings. The number of aliphatic hydroxyl groups excluding tert-OH is 1. The van der Waals surface area contributed by atoms with Crippen molar-refractivity contribution in [2.24, 2.45) is 0 Å². The van der Waals surface area contributed by atoms with Crippen molar-refractivity contribution in [1.29, 1.82) is 0 Å². The van der Waals surface area contributed by atoms with Crippen LogP contribution >= 0.6 is 0 Å². The highest BCUT2D eigenvalue weighted by Crippen LogP contribution is 2.29. The van der Waals surface area contributed by atoms with Crippen LogP contribution in [0.1, 0.15) is 36.1 Å². The number of aryl methyl sites for hydroxylation is 2. The molecule has 0 amide bonds. The molecule has 0 saturated heterocycles. The zero-order valence-corrected chi connectivity index (χ0v) is 11.1. The van der Waals surface area contributed by atoms with Crippen molar-refractivity contribution in [3.05, 3.63) is 59.2 Å². The topological polar surface area (TPSA) is 29.5 Å². The molecule has 1 aliphatic rings. The van der Waals surface area contributed by atoms with Crippen LogP contribution in [-0.2, 0) is 12.8 Å². The fourth-order valence-corrected chi connectivity index (χ4v) is 2.56. The number of benzene rings is 2. The van der Waals surface area contributed by atoms with Gasteiger partial charge in [-0.1, -0.05) is 18.2 Å². The summed E-state index contributed by atoms with van der Waals surface area (Å²) >= 11 is 0. The molecule has 19 heavy (non-hydrogen) atoms. The average molecular weight is 254 g/mol. The Morgan fingerprint density at radius 2 is 1.63 bits per heavy atom. The average Bonchev–Trinajstić information content (AvgIpc) is 2.87. The zero-order chi connectivity index (χ0) is 13.2. The van der Waals surface area contributed by atoms with Crippen LogP contribution in [0.2, 0.25) is 0 Å². The zero-order valence-electron chi connectivity index (χ0n) is 11.1. The van der Waals surface area contributed by atoms with Gasteiger partial charge in [-0.15, -0.1) is 0 Å². The molecule has 98 valence electrons. The molecule has 2 nitrogen and oxygen atoms in total. The first kappa shape index (κ1) is 12.2. The largest absolute Gasteiger partial charge is 0.457 e. The number of hydrogen-bond donors (Lipinski definition) is 1. The first-order valence-electron chi connectivity index (χ1n) is 6.80. The Balaban J connectivity index is 1.77. The Labute approximate surface area is 113 Å². The molecule has 1 unspecified atom stereocenters. The van der Waals surface area contributed by atoms with Crippen LogP contribution in [0.5, 0.6) is 11.5 Å². The highest BCUT2D eigenvalue weighted by atomic mass is 16.5. The van der Waals surface area contributed by atoms with Gasteiger partial charge in [-0.05, 0) is 67.1 Å². The second-order valence-electron chi connectivity index (χ2n) is 5.13. The minimum Gasteiger partial charge on any atom is -0.457 e. The van der Waals surface area contributed by atoms with Gasteiger partial charge in [0.05, 0.1) is 6.10 Å². The lowest BCUT2D eigenvalue weighted by Gasteiger charge is -2.09. The summed E-state index contributed by atoms with van der Waals surface area (Å²) in [5.74, 6) is 1.70. The third kappa shape index (κ3) is 2.64. The fourth-order valence-electron chi connectivity index (χ4n) is 2.56. The highest BCUT2D eigenvalue weighted by molar-refractivity contribution is 5.41. The van der Waals surface area contributed by atoms with E-state index in [1.807, 2.05) is 30.3 Å². The monoisotopic (exact) mass is 254 g/mol. The number of rotatable bonds is 3. The van der Waals surface area contributed by atoms with Crippen molar-refractivity contribution in [2.45, 2.75) is 32.3 Å². The number of fused-ring (bicyclic) bond motifs is 1. The molecule has 0 saturated carbocycles. The van der Waals surface area contributed by atoms with Crippen LogP contribution < -0.4 is 4.74 Å². The standard InChI is InChI=1S/C17H18O2/c1-12(18)13-5-8-16(9-6-13)19-17-10-7-14-3-2-4-15(14)11-17/h5-12,18H,2-4H2,1H3. The van der Waals surface area contributed by atoms with Crippen molar-refractivity contribution in [3.63, 3.8) is 0 Å². The lowest BCUT2D eigenvalue weighted by atomic mass is 10.1. The van der Waals surface area contributed by atoms with E-state index in [9.17, 15) is 5.11 Å². The molecule has 1 atom stereocenters. The van der Waals surface area contributed by atoms with Gasteiger partial charge in [0.2, 0.25) is 0 Å². The van der Waals surface area contributed by atoms with Crippen LogP contribution in [0, 0.1) is 0 Å². The summed E-state index contributed by atoms with van der Waals surface area (Å²) < 4.78 is 5.86. The Morgan fingerprint density at radius 3 is 2.37 bits per heavy atom. The molecule has 3 rings (SSSR count). The predicted octanol–water partition coefficient (Wildman–Crippen LogP) is 4.02. The van der Waals surface area contributed by atoms with Crippen molar-refractivity contribution < 1.29 is 9.84 Å². The molecule has 2 aromatic carbocycles. The molecular weight excluding hydrogens is 236 g/mol. The molecule has 1 N–H and O–H groups in total. The van der Waals surface area contributed by atoms with Crippen LogP contribution in [0.3, 0.4) is 0 Å². The molecule has 0 radical (unpaired) electrons. The summed E-state index contributed by atoms with van der Waals surface area (Å²) in [5.41, 5.74) is 3.77. The van der Waals surface area contributed by atoms with Gasteiger partial charge in [-0.2, -0.15) is 0 Å². The van der Waals surface area contributed by atoms with Gasteiger partial charge in [0.25, 0.3) is 0 Å². The molecule has 1 aliphatic carbocycles. The minimum atomic E-state index is -0.436. The molecule has 0 aromatic heterocycles. The van der Waals surface area contributed by atoms with E-state index >= 15 is 0 Å². The van der Waals surface area contributed by atoms with E-state index in [0.717, 1.165) is 23.5 Å². The Morgan fingerprint density at radius 1 is 0.947 bits per heavy atom. The molecule has 2 heteroatoms. The normalized spacial score (nSPS) is 15.1. The van der Waals surface area contributed by atoms with E-state index < -0.39 is 6.10 Å². The van der Waals surface area contributed by atoms with Crippen LogP contribution in [0.15, 0.2) is 42.5 Å². The second kappa shape index (κ2) is 5.06. The summed E-state index contributed by atoms with van der Waals surface area (Å²) in [5, 5.41) is 9.47.